The number of benzene rings is 1. The van der Waals surface area contributed by atoms with Crippen molar-refractivity contribution in [2.75, 3.05) is 19.5 Å². The number of amides is 1. The van der Waals surface area contributed by atoms with Crippen molar-refractivity contribution in [3.05, 3.63) is 47.9 Å². The molecule has 1 unspecified atom stereocenters. The predicted molar refractivity (Wildman–Crippen MR) is 88.6 cm³/mol. The molecule has 0 saturated carbocycles. The number of methoxy groups -OCH3 is 1. The van der Waals surface area contributed by atoms with Gasteiger partial charge < -0.3 is 18.8 Å². The number of furan rings is 1. The first-order chi connectivity index (χ1) is 11.2. The van der Waals surface area contributed by atoms with E-state index in [-0.39, 0.29) is 11.3 Å². The molecule has 1 aromatic heterocycles. The van der Waals surface area contributed by atoms with Gasteiger partial charge in [0.15, 0.2) is 11.5 Å². The van der Waals surface area contributed by atoms with Crippen molar-refractivity contribution >= 4 is 17.7 Å². The second-order valence-corrected chi connectivity index (χ2v) is 6.18. The van der Waals surface area contributed by atoms with Crippen molar-refractivity contribution in [2.45, 2.75) is 18.8 Å². The van der Waals surface area contributed by atoms with E-state index < -0.39 is 0 Å². The maximum absolute atomic E-state index is 12.2. The van der Waals surface area contributed by atoms with Crippen LogP contribution in [0.1, 0.15) is 23.6 Å². The van der Waals surface area contributed by atoms with Gasteiger partial charge in [-0.3, -0.25) is 4.79 Å². The Hall–Kier alpha value is -2.08. The summed E-state index contributed by atoms with van der Waals surface area (Å²) in [5.41, 5.74) is 1.02. The molecule has 0 radical (unpaired) electrons. The Morgan fingerprint density at radius 2 is 2.22 bits per heavy atom. The van der Waals surface area contributed by atoms with Gasteiger partial charge in [0.2, 0.25) is 5.91 Å². The molecule has 122 valence electrons. The Morgan fingerprint density at radius 1 is 1.35 bits per heavy atom. The Kier molecular flexibility index (Phi) is 4.81. The van der Waals surface area contributed by atoms with Gasteiger partial charge >= 0.3 is 0 Å². The lowest BCUT2D eigenvalue weighted by molar-refractivity contribution is -0.128. The number of rotatable bonds is 6. The molecule has 1 atom stereocenters. The van der Waals surface area contributed by atoms with Crippen LogP contribution in [0.5, 0.6) is 11.5 Å². The number of hydrogen-bond donors (Lipinski definition) is 0. The maximum atomic E-state index is 12.2. The zero-order chi connectivity index (χ0) is 16.2. The fraction of sp³-hybridized carbons (Fsp3) is 0.353. The van der Waals surface area contributed by atoms with Crippen LogP contribution in [0.3, 0.4) is 0 Å². The van der Waals surface area contributed by atoms with Crippen molar-refractivity contribution < 1.29 is 18.7 Å². The van der Waals surface area contributed by atoms with E-state index in [2.05, 4.69) is 0 Å². The predicted octanol–water partition coefficient (Wildman–Crippen LogP) is 3.46. The van der Waals surface area contributed by atoms with Crippen LogP contribution in [0.4, 0.5) is 0 Å². The highest BCUT2D eigenvalue weighted by Gasteiger charge is 2.33. The van der Waals surface area contributed by atoms with Crippen LogP contribution in [0.25, 0.3) is 0 Å². The van der Waals surface area contributed by atoms with E-state index in [0.29, 0.717) is 30.4 Å². The minimum absolute atomic E-state index is 0.0438. The molecular weight excluding hydrogens is 314 g/mol. The van der Waals surface area contributed by atoms with Gasteiger partial charge in [0.25, 0.3) is 0 Å². The summed E-state index contributed by atoms with van der Waals surface area (Å²) in [4.78, 5) is 14.1. The Morgan fingerprint density at radius 3 is 2.91 bits per heavy atom. The topological polar surface area (TPSA) is 51.9 Å². The Balaban J connectivity index is 1.86. The average molecular weight is 333 g/mol. The van der Waals surface area contributed by atoms with E-state index in [0.717, 1.165) is 11.3 Å². The first kappa shape index (κ1) is 15.8. The molecule has 0 bridgehead atoms. The molecule has 1 fully saturated rings. The summed E-state index contributed by atoms with van der Waals surface area (Å²) < 4.78 is 16.3. The van der Waals surface area contributed by atoms with Crippen molar-refractivity contribution in [3.8, 4) is 11.5 Å². The Bertz CT molecular complexity index is 671. The zero-order valence-corrected chi connectivity index (χ0v) is 14.0. The number of nitrogens with zero attached hydrogens (tertiary/aromatic N) is 1. The molecule has 1 aliphatic rings. The third-order valence-electron chi connectivity index (χ3n) is 3.65. The average Bonchev–Trinajstić information content (AvgIpc) is 3.19. The summed E-state index contributed by atoms with van der Waals surface area (Å²) in [5, 5.41) is -0.0438. The van der Waals surface area contributed by atoms with Crippen molar-refractivity contribution in [1.29, 1.82) is 0 Å². The van der Waals surface area contributed by atoms with Crippen LogP contribution in [-0.4, -0.2) is 30.3 Å². The molecule has 0 spiro atoms. The summed E-state index contributed by atoms with van der Waals surface area (Å²) in [6, 6.07) is 9.53. The highest BCUT2D eigenvalue weighted by molar-refractivity contribution is 8.00. The van der Waals surface area contributed by atoms with Gasteiger partial charge in [0.1, 0.15) is 11.1 Å². The molecule has 6 heteroatoms. The van der Waals surface area contributed by atoms with Crippen molar-refractivity contribution in [1.82, 2.24) is 4.90 Å². The van der Waals surface area contributed by atoms with Gasteiger partial charge in [-0.05, 0) is 36.8 Å². The van der Waals surface area contributed by atoms with Gasteiger partial charge in [-0.2, -0.15) is 0 Å². The van der Waals surface area contributed by atoms with Crippen molar-refractivity contribution in [2.24, 2.45) is 0 Å². The van der Waals surface area contributed by atoms with E-state index >= 15 is 0 Å². The molecule has 1 aliphatic heterocycles. The smallest absolute Gasteiger partial charge is 0.234 e. The second kappa shape index (κ2) is 7.00. The van der Waals surface area contributed by atoms with E-state index in [1.807, 2.05) is 42.2 Å². The molecule has 1 saturated heterocycles. The molecule has 0 aliphatic carbocycles. The van der Waals surface area contributed by atoms with Crippen LogP contribution in [0.15, 0.2) is 41.0 Å². The van der Waals surface area contributed by atoms with Gasteiger partial charge in [-0.25, -0.2) is 0 Å². The first-order valence-corrected chi connectivity index (χ1v) is 8.52. The number of ether oxygens (including phenoxy) is 2. The summed E-state index contributed by atoms with van der Waals surface area (Å²) in [6.45, 7) is 2.97. The highest BCUT2D eigenvalue weighted by Crippen LogP contribution is 2.42. The molecule has 5 nitrogen and oxygen atoms in total. The Labute approximate surface area is 139 Å². The molecule has 1 aromatic carbocycles. The molecule has 2 aromatic rings. The normalized spacial score (nSPS) is 17.6. The SMILES string of the molecule is CCOc1cc(C2SCC(=O)N2Cc2ccco2)ccc1OC. The number of thioether (sulfide) groups is 1. The van der Waals surface area contributed by atoms with E-state index in [1.54, 1.807) is 25.1 Å². The lowest BCUT2D eigenvalue weighted by Crippen LogP contribution is -2.27. The standard InChI is InChI=1S/C17H19NO4S/c1-3-21-15-9-12(6-7-14(15)20-2)17-18(16(19)11-23-17)10-13-5-4-8-22-13/h4-9,17H,3,10-11H2,1-2H3. The van der Waals surface area contributed by atoms with Gasteiger partial charge in [0.05, 0.1) is 32.3 Å². The summed E-state index contributed by atoms with van der Waals surface area (Å²) in [6.07, 6.45) is 1.62. The molecule has 1 amide bonds. The second-order valence-electron chi connectivity index (χ2n) is 5.11. The molecule has 2 heterocycles. The van der Waals surface area contributed by atoms with Crippen LogP contribution >= 0.6 is 11.8 Å². The molecule has 0 N–H and O–H groups in total. The van der Waals surface area contributed by atoms with Crippen LogP contribution in [0, 0.1) is 0 Å². The van der Waals surface area contributed by atoms with E-state index in [4.69, 9.17) is 13.9 Å². The summed E-state index contributed by atoms with van der Waals surface area (Å²) >= 11 is 1.61. The summed E-state index contributed by atoms with van der Waals surface area (Å²) in [5.74, 6) is 2.77. The number of carbonyl (C=O) groups is 1. The van der Waals surface area contributed by atoms with Crippen LogP contribution in [0.2, 0.25) is 0 Å². The molecular formula is C17H19NO4S. The first-order valence-electron chi connectivity index (χ1n) is 7.47. The highest BCUT2D eigenvalue weighted by atomic mass is 32.2. The van der Waals surface area contributed by atoms with Gasteiger partial charge in [-0.1, -0.05) is 6.07 Å². The maximum Gasteiger partial charge on any atom is 0.234 e. The van der Waals surface area contributed by atoms with Crippen LogP contribution < -0.4 is 9.47 Å². The van der Waals surface area contributed by atoms with Gasteiger partial charge in [0, 0.05) is 0 Å². The van der Waals surface area contributed by atoms with Crippen molar-refractivity contribution in [3.63, 3.8) is 0 Å². The fourth-order valence-electron chi connectivity index (χ4n) is 2.59. The molecule has 3 rings (SSSR count). The fourth-order valence-corrected chi connectivity index (χ4v) is 3.76. The monoisotopic (exact) mass is 333 g/mol. The summed E-state index contributed by atoms with van der Waals surface area (Å²) in [7, 11) is 1.62. The van der Waals surface area contributed by atoms with E-state index in [1.165, 1.54) is 0 Å². The quantitative estimate of drug-likeness (QED) is 0.810. The molecule has 23 heavy (non-hydrogen) atoms. The third-order valence-corrected chi connectivity index (χ3v) is 4.90. The van der Waals surface area contributed by atoms with Gasteiger partial charge in [-0.15, -0.1) is 11.8 Å². The number of carbonyl (C=O) groups excluding carboxylic acids is 1. The largest absolute Gasteiger partial charge is 0.493 e. The van der Waals surface area contributed by atoms with E-state index in [9.17, 15) is 4.79 Å². The zero-order valence-electron chi connectivity index (χ0n) is 13.2. The number of hydrogen-bond acceptors (Lipinski definition) is 5. The lowest BCUT2D eigenvalue weighted by atomic mass is 10.1. The van der Waals surface area contributed by atoms with Crippen LogP contribution in [-0.2, 0) is 11.3 Å². The lowest BCUT2D eigenvalue weighted by Gasteiger charge is -2.24. The third kappa shape index (κ3) is 3.32. The minimum atomic E-state index is -0.0438. The minimum Gasteiger partial charge on any atom is -0.493 e.